The lowest BCUT2D eigenvalue weighted by molar-refractivity contribution is -0.847. The second-order valence-corrected chi connectivity index (χ2v) is 5.89. The maximum atomic E-state index is 10.9. The molecule has 0 saturated carbocycles. The molecular formula is C14H15N5O6S. The molecule has 3 rings (SSSR count). The van der Waals surface area contributed by atoms with Crippen LogP contribution in [0.3, 0.4) is 0 Å². The monoisotopic (exact) mass is 381 g/mol. The molecule has 0 amide bonds. The van der Waals surface area contributed by atoms with E-state index in [1.807, 2.05) is 60.7 Å². The van der Waals surface area contributed by atoms with Crippen molar-refractivity contribution >= 4 is 27.7 Å². The summed E-state index contributed by atoms with van der Waals surface area (Å²) in [5, 5.41) is 17.1. The van der Waals surface area contributed by atoms with E-state index in [4.69, 9.17) is 0 Å². The second kappa shape index (κ2) is 8.35. The van der Waals surface area contributed by atoms with E-state index in [0.717, 1.165) is 18.5 Å². The number of hydrogen-bond donors (Lipinski definition) is 2. The highest BCUT2D eigenvalue weighted by Crippen LogP contribution is 2.11. The third-order valence-electron chi connectivity index (χ3n) is 3.06. The summed E-state index contributed by atoms with van der Waals surface area (Å²) < 4.78 is 31.0. The van der Waals surface area contributed by atoms with E-state index in [1.54, 1.807) is 5.12 Å². The summed E-state index contributed by atoms with van der Waals surface area (Å²) in [4.78, 5) is 10.4. The molecule has 1 heterocycles. The van der Waals surface area contributed by atoms with Crippen LogP contribution in [0.4, 0.5) is 11.4 Å². The van der Waals surface area contributed by atoms with Crippen molar-refractivity contribution in [1.82, 2.24) is 5.43 Å². The topological polar surface area (TPSA) is 142 Å². The Balaban J connectivity index is 0.000000352. The minimum atomic E-state index is -4.41. The van der Waals surface area contributed by atoms with Crippen molar-refractivity contribution in [1.29, 1.82) is 0 Å². The van der Waals surface area contributed by atoms with Crippen LogP contribution >= 0.6 is 0 Å². The molecule has 1 atom stereocenters. The van der Waals surface area contributed by atoms with Gasteiger partial charge in [0, 0.05) is 17.3 Å². The molecule has 0 spiro atoms. The van der Waals surface area contributed by atoms with Gasteiger partial charge in [0.15, 0.2) is 10.8 Å². The largest absolute Gasteiger partial charge is 0.726 e. The molecule has 2 aromatic carbocycles. The number of anilines is 1. The lowest BCUT2D eigenvalue weighted by Gasteiger charge is -2.15. The van der Waals surface area contributed by atoms with Crippen LogP contribution in [0.15, 0.2) is 65.8 Å². The summed E-state index contributed by atoms with van der Waals surface area (Å²) in [6.07, 6.45) is 0. The number of quaternary nitrogens is 1. The number of nitrogens with zero attached hydrogens (tertiary/aromatic N) is 3. The summed E-state index contributed by atoms with van der Waals surface area (Å²) in [6, 6.07) is 18.7. The van der Waals surface area contributed by atoms with Crippen molar-refractivity contribution in [3.63, 3.8) is 0 Å². The summed E-state index contributed by atoms with van der Waals surface area (Å²) in [7, 11) is -3.60. The predicted octanol–water partition coefficient (Wildman–Crippen LogP) is -0.216. The predicted molar refractivity (Wildman–Crippen MR) is 90.3 cm³/mol. The fraction of sp³-hybridized carbons (Fsp3) is 0.0714. The van der Waals surface area contributed by atoms with E-state index in [1.165, 1.54) is 0 Å². The Kier molecular flexibility index (Phi) is 6.19. The second-order valence-electron chi connectivity index (χ2n) is 4.74. The maximum absolute atomic E-state index is 10.9. The van der Waals surface area contributed by atoms with Crippen molar-refractivity contribution in [2.75, 3.05) is 12.2 Å². The van der Waals surface area contributed by atoms with E-state index in [-0.39, 0.29) is 5.96 Å². The molecule has 138 valence electrons. The Morgan fingerprint density at radius 1 is 1.12 bits per heavy atom. The van der Waals surface area contributed by atoms with Gasteiger partial charge in [-0.25, -0.2) is 8.42 Å². The van der Waals surface area contributed by atoms with Gasteiger partial charge < -0.3 is 14.7 Å². The Morgan fingerprint density at radius 2 is 1.62 bits per heavy atom. The summed E-state index contributed by atoms with van der Waals surface area (Å²) >= 11 is 0. The first-order valence-electron chi connectivity index (χ1n) is 7.10. The van der Waals surface area contributed by atoms with E-state index in [0.29, 0.717) is 5.12 Å². The molecule has 1 aliphatic heterocycles. The maximum Gasteiger partial charge on any atom is 0.510 e. The molecule has 1 unspecified atom stereocenters. The smallest absolute Gasteiger partial charge is 0.510 e. The number of guanidine groups is 1. The van der Waals surface area contributed by atoms with Gasteiger partial charge in [0.05, 0.1) is 7.11 Å². The molecule has 2 N–H and O–H groups in total. The number of nitro groups is 1. The van der Waals surface area contributed by atoms with Crippen LogP contribution in [0.25, 0.3) is 0 Å². The molecule has 0 bridgehead atoms. The standard InChI is InChI=1S/C13H11N5O2.CH4O4S/c19-18(20)13-14-16(11-7-3-1-4-8-11)17(15-13)12-9-5-2-6-10-12;1-5-6(2,3)4/h1-10H,(H,14,15);1H3,(H,2,3,4). The van der Waals surface area contributed by atoms with Crippen molar-refractivity contribution in [3.05, 3.63) is 70.8 Å². The van der Waals surface area contributed by atoms with Gasteiger partial charge in [0.1, 0.15) is 5.69 Å². The van der Waals surface area contributed by atoms with E-state index in [2.05, 4.69) is 14.7 Å². The van der Waals surface area contributed by atoms with Crippen LogP contribution in [0.2, 0.25) is 0 Å². The molecule has 0 aliphatic carbocycles. The minimum absolute atomic E-state index is 0.285. The average molecular weight is 381 g/mol. The lowest BCUT2D eigenvalue weighted by Crippen LogP contribution is -3.10. The van der Waals surface area contributed by atoms with Crippen LogP contribution in [-0.4, -0.2) is 31.0 Å². The Morgan fingerprint density at radius 3 is 2.08 bits per heavy atom. The summed E-state index contributed by atoms with van der Waals surface area (Å²) in [6.45, 7) is 0. The van der Waals surface area contributed by atoms with Crippen molar-refractivity contribution in [2.24, 2.45) is 5.10 Å². The molecule has 12 heteroatoms. The third-order valence-corrected chi connectivity index (χ3v) is 3.47. The normalized spacial score (nSPS) is 16.2. The van der Waals surface area contributed by atoms with Gasteiger partial charge in [0.2, 0.25) is 10.4 Å². The third kappa shape index (κ3) is 5.22. The minimum Gasteiger partial charge on any atom is -0.726 e. The van der Waals surface area contributed by atoms with Gasteiger partial charge in [-0.3, -0.25) is 4.18 Å². The molecule has 0 radical (unpaired) electrons. The fourth-order valence-corrected chi connectivity index (χ4v) is 1.95. The van der Waals surface area contributed by atoms with Crippen molar-refractivity contribution < 1.29 is 27.2 Å². The van der Waals surface area contributed by atoms with Gasteiger partial charge in [-0.2, -0.15) is 0 Å². The summed E-state index contributed by atoms with van der Waals surface area (Å²) in [5.41, 5.74) is 4.29. The number of rotatable bonds is 3. The van der Waals surface area contributed by atoms with Gasteiger partial charge in [-0.15, -0.1) is 5.43 Å². The van der Waals surface area contributed by atoms with E-state index >= 15 is 0 Å². The van der Waals surface area contributed by atoms with Crippen LogP contribution in [-0.2, 0) is 14.6 Å². The highest BCUT2D eigenvalue weighted by atomic mass is 32.3. The number of hydrazine groups is 1. The van der Waals surface area contributed by atoms with Crippen LogP contribution in [0.1, 0.15) is 0 Å². The van der Waals surface area contributed by atoms with Gasteiger partial charge in [-0.1, -0.05) is 36.4 Å². The SMILES string of the molecule is COS(=O)(=O)[O-].O=[N+]([O-])C1=N[NH+](c2ccccc2)N(c2ccccc2)N1. The number of para-hydroxylation sites is 1. The molecule has 11 nitrogen and oxygen atoms in total. The van der Waals surface area contributed by atoms with Gasteiger partial charge in [-0.05, 0) is 22.2 Å². The number of nitrogens with one attached hydrogen (secondary N) is 2. The lowest BCUT2D eigenvalue weighted by atomic mass is 10.3. The highest BCUT2D eigenvalue weighted by Gasteiger charge is 2.40. The quantitative estimate of drug-likeness (QED) is 0.322. The molecule has 0 fully saturated rings. The number of benzene rings is 2. The van der Waals surface area contributed by atoms with Gasteiger partial charge in [0.25, 0.3) is 0 Å². The van der Waals surface area contributed by atoms with Gasteiger partial charge >= 0.3 is 5.96 Å². The molecule has 26 heavy (non-hydrogen) atoms. The number of hydrogen-bond acceptors (Lipinski definition) is 9. The fourth-order valence-electron chi connectivity index (χ4n) is 1.95. The molecule has 2 aromatic rings. The van der Waals surface area contributed by atoms with Crippen molar-refractivity contribution in [3.8, 4) is 0 Å². The van der Waals surface area contributed by atoms with Crippen molar-refractivity contribution in [2.45, 2.75) is 0 Å². The first-order valence-corrected chi connectivity index (χ1v) is 8.44. The average Bonchev–Trinajstić information content (AvgIpc) is 3.09. The Labute approximate surface area is 149 Å². The summed E-state index contributed by atoms with van der Waals surface area (Å²) in [5.74, 6) is -0.285. The molecule has 0 saturated heterocycles. The Hall–Kier alpha value is -3.06. The van der Waals surface area contributed by atoms with Crippen LogP contribution in [0, 0.1) is 10.1 Å². The first kappa shape index (κ1) is 19.3. The van der Waals surface area contributed by atoms with Crippen LogP contribution in [0.5, 0.6) is 0 Å². The van der Waals surface area contributed by atoms with Crippen LogP contribution < -0.4 is 15.7 Å². The highest BCUT2D eigenvalue weighted by molar-refractivity contribution is 7.80. The zero-order valence-corrected chi connectivity index (χ0v) is 14.3. The Bertz CT molecular complexity index is 875. The van der Waals surface area contributed by atoms with E-state index in [9.17, 15) is 23.1 Å². The molecular weight excluding hydrogens is 366 g/mol. The zero-order valence-electron chi connectivity index (χ0n) is 13.5. The zero-order chi connectivity index (χ0) is 19.2. The molecule has 1 aliphatic rings. The molecule has 0 aromatic heterocycles. The van der Waals surface area contributed by atoms with E-state index < -0.39 is 15.3 Å². The first-order chi connectivity index (χ1) is 12.3.